The molecule has 0 N–H and O–H groups in total. The van der Waals surface area contributed by atoms with Crippen LogP contribution < -0.4 is 0 Å². The van der Waals surface area contributed by atoms with Crippen molar-refractivity contribution in [2.45, 2.75) is 6.42 Å². The van der Waals surface area contributed by atoms with Crippen molar-refractivity contribution in [1.29, 1.82) is 0 Å². The van der Waals surface area contributed by atoms with E-state index in [4.69, 9.17) is 0 Å². The minimum atomic E-state index is -0.174. The van der Waals surface area contributed by atoms with Gasteiger partial charge in [0.1, 0.15) is 0 Å². The first-order valence-electron chi connectivity index (χ1n) is 3.91. The van der Waals surface area contributed by atoms with Crippen molar-refractivity contribution in [3.8, 4) is 0 Å². The van der Waals surface area contributed by atoms with Gasteiger partial charge >= 0.3 is 0 Å². The maximum Gasteiger partial charge on any atom is 0.206 e. The average molecular weight is 159 g/mol. The molecule has 12 heavy (non-hydrogen) atoms. The highest BCUT2D eigenvalue weighted by Crippen LogP contribution is 2.06. The van der Waals surface area contributed by atoms with Crippen LogP contribution in [0.5, 0.6) is 0 Å². The summed E-state index contributed by atoms with van der Waals surface area (Å²) in [6, 6.07) is 9.86. The Morgan fingerprint density at radius 1 is 1.42 bits per heavy atom. The molecule has 1 radical (unpaired) electrons. The topological polar surface area (TPSA) is 17.1 Å². The Kier molecular flexibility index (Phi) is 3.27. The van der Waals surface area contributed by atoms with E-state index in [0.717, 1.165) is 5.56 Å². The predicted octanol–water partition coefficient (Wildman–Crippen LogP) is 2.14. The molecule has 1 nitrogen and oxygen atoms in total. The summed E-state index contributed by atoms with van der Waals surface area (Å²) >= 11 is 0. The maximum atomic E-state index is 10.3. The van der Waals surface area contributed by atoms with Gasteiger partial charge in [-0.1, -0.05) is 36.4 Å². The zero-order valence-electron chi connectivity index (χ0n) is 6.86. The van der Waals surface area contributed by atoms with Crippen LogP contribution in [0.25, 0.3) is 0 Å². The quantitative estimate of drug-likeness (QED) is 0.615. The van der Waals surface area contributed by atoms with Gasteiger partial charge in [-0.15, -0.1) is 6.58 Å². The van der Waals surface area contributed by atoms with Gasteiger partial charge in [0.25, 0.3) is 0 Å². The molecule has 0 amide bonds. The first-order valence-corrected chi connectivity index (χ1v) is 3.91. The lowest BCUT2D eigenvalue weighted by Gasteiger charge is -2.02. The van der Waals surface area contributed by atoms with E-state index in [1.807, 2.05) is 36.6 Å². The first kappa shape index (κ1) is 8.72. The molecule has 1 unspecified atom stereocenters. The smallest absolute Gasteiger partial charge is 0.206 e. The lowest BCUT2D eigenvalue weighted by Crippen LogP contribution is -2.01. The molecule has 0 bridgehead atoms. The second kappa shape index (κ2) is 4.50. The third kappa shape index (κ3) is 2.35. The number of allylic oxidation sites excluding steroid dienone is 1. The molecule has 0 saturated carbocycles. The van der Waals surface area contributed by atoms with Crippen molar-refractivity contribution in [2.75, 3.05) is 0 Å². The third-order valence-electron chi connectivity index (χ3n) is 1.73. The normalized spacial score (nSPS) is 12.0. The molecule has 0 heterocycles. The molecule has 0 fully saturated rings. The predicted molar refractivity (Wildman–Crippen MR) is 49.5 cm³/mol. The highest BCUT2D eigenvalue weighted by atomic mass is 16.1. The summed E-state index contributed by atoms with van der Waals surface area (Å²) in [5.41, 5.74) is 1.14. The van der Waals surface area contributed by atoms with Gasteiger partial charge in [-0.2, -0.15) is 0 Å². The van der Waals surface area contributed by atoms with E-state index in [1.165, 1.54) is 0 Å². The molecule has 1 rings (SSSR count). The lowest BCUT2D eigenvalue weighted by atomic mass is 10.0. The minimum absolute atomic E-state index is 0.174. The Balaban J connectivity index is 2.62. The molecule has 0 saturated heterocycles. The molecule has 0 spiro atoms. The standard InChI is InChI=1S/C11H11O/c1-2-10(9-12)8-11-6-4-3-5-7-11/h2-7,10H,1,8H2. The number of hydrogen-bond donors (Lipinski definition) is 0. The summed E-state index contributed by atoms with van der Waals surface area (Å²) in [4.78, 5) is 10.3. The highest BCUT2D eigenvalue weighted by Gasteiger charge is 2.03. The highest BCUT2D eigenvalue weighted by molar-refractivity contribution is 5.57. The fourth-order valence-electron chi connectivity index (χ4n) is 1.04. The van der Waals surface area contributed by atoms with Crippen LogP contribution in [0.3, 0.4) is 0 Å². The molecule has 1 heteroatoms. The Morgan fingerprint density at radius 3 is 2.58 bits per heavy atom. The van der Waals surface area contributed by atoms with Gasteiger partial charge < -0.3 is 0 Å². The summed E-state index contributed by atoms with van der Waals surface area (Å²) in [6.45, 7) is 3.57. The van der Waals surface area contributed by atoms with Gasteiger partial charge in [-0.3, -0.25) is 4.79 Å². The molecule has 1 aromatic carbocycles. The van der Waals surface area contributed by atoms with Gasteiger partial charge in [0, 0.05) is 5.92 Å². The SMILES string of the molecule is C=CC([C]=O)Cc1ccccc1. The number of hydrogen-bond acceptors (Lipinski definition) is 1. The van der Waals surface area contributed by atoms with E-state index in [1.54, 1.807) is 6.08 Å². The second-order valence-electron chi connectivity index (χ2n) is 2.65. The molecule has 0 aliphatic carbocycles. The van der Waals surface area contributed by atoms with Crippen molar-refractivity contribution < 1.29 is 4.79 Å². The monoisotopic (exact) mass is 159 g/mol. The van der Waals surface area contributed by atoms with Gasteiger partial charge in [0.2, 0.25) is 6.29 Å². The van der Waals surface area contributed by atoms with Gasteiger partial charge in [0.15, 0.2) is 0 Å². The molecule has 61 valence electrons. The minimum Gasteiger partial charge on any atom is -0.290 e. The summed E-state index contributed by atoms with van der Waals surface area (Å²) in [5.74, 6) is -0.174. The van der Waals surface area contributed by atoms with Gasteiger partial charge in [0.05, 0.1) is 0 Å². The molecule has 0 aliphatic heterocycles. The molecule has 1 atom stereocenters. The lowest BCUT2D eigenvalue weighted by molar-refractivity contribution is 0.537. The Hall–Kier alpha value is -1.37. The number of carbonyl (C=O) groups excluding carboxylic acids is 1. The third-order valence-corrected chi connectivity index (χ3v) is 1.73. The van der Waals surface area contributed by atoms with Crippen LogP contribution in [0, 0.1) is 5.92 Å². The van der Waals surface area contributed by atoms with Crippen LogP contribution in [0.1, 0.15) is 5.56 Å². The summed E-state index contributed by atoms with van der Waals surface area (Å²) in [6.07, 6.45) is 4.26. The van der Waals surface area contributed by atoms with Crippen LogP contribution in [0.15, 0.2) is 43.0 Å². The van der Waals surface area contributed by atoms with E-state index in [2.05, 4.69) is 6.58 Å². The molecular formula is C11H11O. The van der Waals surface area contributed by atoms with Crippen LogP contribution in [-0.2, 0) is 11.2 Å². The van der Waals surface area contributed by atoms with E-state index < -0.39 is 0 Å². The van der Waals surface area contributed by atoms with Crippen LogP contribution >= 0.6 is 0 Å². The van der Waals surface area contributed by atoms with Crippen molar-refractivity contribution in [2.24, 2.45) is 5.92 Å². The van der Waals surface area contributed by atoms with Crippen molar-refractivity contribution in [1.82, 2.24) is 0 Å². The van der Waals surface area contributed by atoms with Crippen LogP contribution in [-0.4, -0.2) is 6.29 Å². The van der Waals surface area contributed by atoms with E-state index in [9.17, 15) is 4.79 Å². The molecular weight excluding hydrogens is 148 g/mol. The van der Waals surface area contributed by atoms with Crippen LogP contribution in [0.4, 0.5) is 0 Å². The molecule has 0 aliphatic rings. The van der Waals surface area contributed by atoms with Crippen molar-refractivity contribution in [3.05, 3.63) is 48.6 Å². The Labute approximate surface area is 72.7 Å². The number of rotatable bonds is 4. The zero-order chi connectivity index (χ0) is 8.81. The van der Waals surface area contributed by atoms with Crippen molar-refractivity contribution >= 4 is 6.29 Å². The fraction of sp³-hybridized carbons (Fsp3) is 0.182. The van der Waals surface area contributed by atoms with E-state index in [0.29, 0.717) is 6.42 Å². The van der Waals surface area contributed by atoms with E-state index >= 15 is 0 Å². The van der Waals surface area contributed by atoms with Crippen molar-refractivity contribution in [3.63, 3.8) is 0 Å². The summed E-state index contributed by atoms with van der Waals surface area (Å²) < 4.78 is 0. The molecule has 0 aromatic heterocycles. The molecule has 1 aromatic rings. The average Bonchev–Trinajstić information content (AvgIpc) is 2.16. The zero-order valence-corrected chi connectivity index (χ0v) is 6.86. The number of benzene rings is 1. The maximum absolute atomic E-state index is 10.3. The summed E-state index contributed by atoms with van der Waals surface area (Å²) in [5, 5.41) is 0. The second-order valence-corrected chi connectivity index (χ2v) is 2.65. The van der Waals surface area contributed by atoms with E-state index in [-0.39, 0.29) is 5.92 Å². The Bertz CT molecular complexity index is 243. The van der Waals surface area contributed by atoms with Gasteiger partial charge in [-0.25, -0.2) is 0 Å². The fourth-order valence-corrected chi connectivity index (χ4v) is 1.04. The van der Waals surface area contributed by atoms with Gasteiger partial charge in [-0.05, 0) is 12.0 Å². The van der Waals surface area contributed by atoms with Crippen LogP contribution in [0.2, 0.25) is 0 Å². The first-order chi connectivity index (χ1) is 5.86. The summed E-state index contributed by atoms with van der Waals surface area (Å²) in [7, 11) is 0. The Morgan fingerprint density at radius 2 is 2.08 bits per heavy atom. The largest absolute Gasteiger partial charge is 0.290 e.